The third-order valence-corrected chi connectivity index (χ3v) is 2.13. The summed E-state index contributed by atoms with van der Waals surface area (Å²) in [4.78, 5) is 11.3. The highest BCUT2D eigenvalue weighted by molar-refractivity contribution is 5.96. The highest BCUT2D eigenvalue weighted by Gasteiger charge is 2.07. The van der Waals surface area contributed by atoms with E-state index in [2.05, 4.69) is 0 Å². The van der Waals surface area contributed by atoms with Crippen LogP contribution in [0.25, 0.3) is 0 Å². The predicted octanol–water partition coefficient (Wildman–Crippen LogP) is 2.60. The molecule has 2 nitrogen and oxygen atoms in total. The van der Waals surface area contributed by atoms with E-state index < -0.39 is 0 Å². The molecule has 0 aliphatic heterocycles. The van der Waals surface area contributed by atoms with E-state index in [1.165, 1.54) is 0 Å². The van der Waals surface area contributed by atoms with Gasteiger partial charge in [-0.05, 0) is 37.1 Å². The smallest absolute Gasteiger partial charge is 0.162 e. The normalized spacial score (nSPS) is 10.1. The molecule has 0 saturated carbocycles. The molecular weight excluding hydrogens is 164 g/mol. The molecule has 2 heteroatoms. The lowest BCUT2D eigenvalue weighted by Gasteiger charge is -2.05. The summed E-state index contributed by atoms with van der Waals surface area (Å²) in [5.74, 6) is 0.402. The van der Waals surface area contributed by atoms with Gasteiger partial charge >= 0.3 is 0 Å². The van der Waals surface area contributed by atoms with Crippen LogP contribution in [-0.2, 0) is 0 Å². The molecule has 0 unspecified atom stereocenters. The van der Waals surface area contributed by atoms with Gasteiger partial charge in [0.25, 0.3) is 0 Å². The molecule has 0 spiro atoms. The van der Waals surface area contributed by atoms with E-state index in [0.29, 0.717) is 12.0 Å². The Labute approximate surface area is 78.2 Å². The van der Waals surface area contributed by atoms with Crippen molar-refractivity contribution in [3.8, 4) is 5.75 Å². The number of phenolic OH excluding ortho intramolecular Hbond substituents is 1. The molecule has 0 aromatic heterocycles. The Morgan fingerprint density at radius 2 is 1.77 bits per heavy atom. The van der Waals surface area contributed by atoms with Gasteiger partial charge in [-0.1, -0.05) is 6.92 Å². The summed E-state index contributed by atoms with van der Waals surface area (Å²) in [6.07, 6.45) is 0.504. The highest BCUT2D eigenvalue weighted by atomic mass is 16.3. The average molecular weight is 178 g/mol. The van der Waals surface area contributed by atoms with Crippen molar-refractivity contribution in [3.63, 3.8) is 0 Å². The van der Waals surface area contributed by atoms with Crippen molar-refractivity contribution in [1.82, 2.24) is 0 Å². The Kier molecular flexibility index (Phi) is 2.71. The summed E-state index contributed by atoms with van der Waals surface area (Å²) in [6, 6.07) is 3.46. The lowest BCUT2D eigenvalue weighted by molar-refractivity contribution is 0.0988. The molecule has 1 aromatic carbocycles. The summed E-state index contributed by atoms with van der Waals surface area (Å²) >= 11 is 0. The fraction of sp³-hybridized carbons (Fsp3) is 0.364. The Morgan fingerprint density at radius 1 is 1.31 bits per heavy atom. The van der Waals surface area contributed by atoms with E-state index in [-0.39, 0.29) is 11.5 Å². The van der Waals surface area contributed by atoms with Gasteiger partial charge in [-0.15, -0.1) is 0 Å². The van der Waals surface area contributed by atoms with Crippen LogP contribution < -0.4 is 0 Å². The van der Waals surface area contributed by atoms with Crippen LogP contribution in [-0.4, -0.2) is 10.9 Å². The van der Waals surface area contributed by atoms with Gasteiger partial charge in [0.2, 0.25) is 0 Å². The predicted molar refractivity (Wildman–Crippen MR) is 52.2 cm³/mol. The fourth-order valence-electron chi connectivity index (χ4n) is 1.32. The lowest BCUT2D eigenvalue weighted by atomic mass is 10.0. The number of hydrogen-bond donors (Lipinski definition) is 1. The maximum atomic E-state index is 11.3. The number of benzene rings is 1. The Hall–Kier alpha value is -1.31. The van der Waals surface area contributed by atoms with E-state index in [9.17, 15) is 9.90 Å². The maximum absolute atomic E-state index is 11.3. The van der Waals surface area contributed by atoms with Crippen LogP contribution in [0.5, 0.6) is 5.75 Å². The third-order valence-electron chi connectivity index (χ3n) is 2.13. The van der Waals surface area contributed by atoms with Gasteiger partial charge in [0.05, 0.1) is 0 Å². The molecule has 0 saturated heterocycles. The number of hydrogen-bond acceptors (Lipinski definition) is 2. The van der Waals surface area contributed by atoms with Gasteiger partial charge < -0.3 is 5.11 Å². The SMILES string of the molecule is CCC(=O)c1cc(C)c(O)c(C)c1. The van der Waals surface area contributed by atoms with E-state index in [1.54, 1.807) is 26.0 Å². The molecule has 1 aromatic rings. The van der Waals surface area contributed by atoms with Gasteiger partial charge in [0, 0.05) is 12.0 Å². The largest absolute Gasteiger partial charge is 0.507 e. The minimum absolute atomic E-state index is 0.117. The van der Waals surface area contributed by atoms with Crippen molar-refractivity contribution in [2.75, 3.05) is 0 Å². The van der Waals surface area contributed by atoms with Gasteiger partial charge in [-0.25, -0.2) is 0 Å². The van der Waals surface area contributed by atoms with Crippen LogP contribution in [0.1, 0.15) is 34.8 Å². The summed E-state index contributed by atoms with van der Waals surface area (Å²) in [7, 11) is 0. The monoisotopic (exact) mass is 178 g/mol. The average Bonchev–Trinajstić information content (AvgIpc) is 2.12. The molecule has 0 aliphatic rings. The number of carbonyl (C=O) groups is 1. The van der Waals surface area contributed by atoms with Gasteiger partial charge in [-0.2, -0.15) is 0 Å². The van der Waals surface area contributed by atoms with Crippen molar-refractivity contribution in [2.24, 2.45) is 0 Å². The molecule has 70 valence electrons. The zero-order chi connectivity index (χ0) is 10.0. The second kappa shape index (κ2) is 3.60. The summed E-state index contributed by atoms with van der Waals surface area (Å²) in [5, 5.41) is 9.47. The molecule has 0 amide bonds. The van der Waals surface area contributed by atoms with Crippen LogP contribution >= 0.6 is 0 Å². The van der Waals surface area contributed by atoms with E-state index in [0.717, 1.165) is 11.1 Å². The zero-order valence-corrected chi connectivity index (χ0v) is 8.22. The molecule has 0 bridgehead atoms. The minimum Gasteiger partial charge on any atom is -0.507 e. The van der Waals surface area contributed by atoms with Gasteiger partial charge in [0.15, 0.2) is 5.78 Å². The Morgan fingerprint density at radius 3 is 2.15 bits per heavy atom. The molecule has 1 rings (SSSR count). The zero-order valence-electron chi connectivity index (χ0n) is 8.22. The van der Waals surface area contributed by atoms with E-state index in [1.807, 2.05) is 6.92 Å². The van der Waals surface area contributed by atoms with Gasteiger partial charge in [-0.3, -0.25) is 4.79 Å². The summed E-state index contributed by atoms with van der Waals surface area (Å²) in [5.41, 5.74) is 2.21. The first-order valence-electron chi connectivity index (χ1n) is 4.39. The number of phenols is 1. The number of aryl methyl sites for hydroxylation is 2. The van der Waals surface area contributed by atoms with Crippen LogP contribution in [0.3, 0.4) is 0 Å². The number of aromatic hydroxyl groups is 1. The molecule has 1 N–H and O–H groups in total. The Bertz CT molecular complexity index is 317. The van der Waals surface area contributed by atoms with Crippen LogP contribution in [0.4, 0.5) is 0 Å². The van der Waals surface area contributed by atoms with Crippen LogP contribution in [0.2, 0.25) is 0 Å². The molecule has 0 heterocycles. The third kappa shape index (κ3) is 1.89. The molecule has 0 radical (unpaired) electrons. The Balaban J connectivity index is 3.20. The molecular formula is C11H14O2. The van der Waals surface area contributed by atoms with Crippen molar-refractivity contribution in [2.45, 2.75) is 27.2 Å². The topological polar surface area (TPSA) is 37.3 Å². The van der Waals surface area contributed by atoms with Crippen molar-refractivity contribution in [3.05, 3.63) is 28.8 Å². The lowest BCUT2D eigenvalue weighted by Crippen LogP contribution is -1.97. The molecule has 0 atom stereocenters. The summed E-state index contributed by atoms with van der Waals surface area (Å²) in [6.45, 7) is 5.43. The maximum Gasteiger partial charge on any atom is 0.162 e. The van der Waals surface area contributed by atoms with Crippen molar-refractivity contribution in [1.29, 1.82) is 0 Å². The molecule has 0 aliphatic carbocycles. The molecule has 0 fully saturated rings. The number of Topliss-reactive ketones (excluding diaryl/α,β-unsaturated/α-hetero) is 1. The van der Waals surface area contributed by atoms with Crippen LogP contribution in [0, 0.1) is 13.8 Å². The van der Waals surface area contributed by atoms with Gasteiger partial charge in [0.1, 0.15) is 5.75 Å². The van der Waals surface area contributed by atoms with Crippen LogP contribution in [0.15, 0.2) is 12.1 Å². The molecule has 13 heavy (non-hydrogen) atoms. The van der Waals surface area contributed by atoms with Crippen molar-refractivity contribution >= 4 is 5.78 Å². The highest BCUT2D eigenvalue weighted by Crippen LogP contribution is 2.23. The number of carbonyl (C=O) groups excluding carboxylic acids is 1. The summed E-state index contributed by atoms with van der Waals surface area (Å²) < 4.78 is 0. The quantitative estimate of drug-likeness (QED) is 0.707. The fourth-order valence-corrected chi connectivity index (χ4v) is 1.32. The van der Waals surface area contributed by atoms with E-state index in [4.69, 9.17) is 0 Å². The number of ketones is 1. The second-order valence-corrected chi connectivity index (χ2v) is 3.24. The number of rotatable bonds is 2. The first-order valence-corrected chi connectivity index (χ1v) is 4.39. The van der Waals surface area contributed by atoms with E-state index >= 15 is 0 Å². The standard InChI is InChI=1S/C11H14O2/c1-4-10(12)9-5-7(2)11(13)8(3)6-9/h5-6,13H,4H2,1-3H3. The minimum atomic E-state index is 0.117. The first-order chi connectivity index (χ1) is 6.06. The van der Waals surface area contributed by atoms with Crippen molar-refractivity contribution < 1.29 is 9.90 Å². The first kappa shape index (κ1) is 9.78. The second-order valence-electron chi connectivity index (χ2n) is 3.24.